The molecule has 0 spiro atoms. The van der Waals surface area contributed by atoms with E-state index in [0.717, 1.165) is 25.3 Å². The lowest BCUT2D eigenvalue weighted by Crippen LogP contribution is -2.52. The number of carbonyl (C=O) groups excluding carboxylic acids is 2. The van der Waals surface area contributed by atoms with Crippen molar-refractivity contribution in [1.29, 1.82) is 0 Å². The van der Waals surface area contributed by atoms with Crippen LogP contribution in [-0.2, 0) is 27.3 Å². The second-order valence-corrected chi connectivity index (χ2v) is 9.19. The maximum atomic E-state index is 12.8. The number of nitrogens with zero attached hydrogens (tertiary/aromatic N) is 3. The predicted octanol–water partition coefficient (Wildman–Crippen LogP) is 2.86. The summed E-state index contributed by atoms with van der Waals surface area (Å²) in [6.07, 6.45) is 2.00. The summed E-state index contributed by atoms with van der Waals surface area (Å²) in [6, 6.07) is 12.1. The number of hydrogen-bond acceptors (Lipinski definition) is 5. The number of pyridine rings is 1. The number of benzene rings is 1. The first kappa shape index (κ1) is 21.3. The molecule has 1 atom stereocenters. The minimum atomic E-state index is -0.682. The third-order valence-electron chi connectivity index (χ3n) is 5.76. The van der Waals surface area contributed by atoms with Gasteiger partial charge in [-0.2, -0.15) is 0 Å². The third-order valence-corrected chi connectivity index (χ3v) is 5.76. The van der Waals surface area contributed by atoms with E-state index in [4.69, 9.17) is 4.74 Å². The van der Waals surface area contributed by atoms with E-state index in [1.54, 1.807) is 17.2 Å². The van der Waals surface area contributed by atoms with Gasteiger partial charge in [-0.25, -0.2) is 4.98 Å². The molecule has 7 nitrogen and oxygen atoms in total. The fourth-order valence-electron chi connectivity index (χ4n) is 4.05. The van der Waals surface area contributed by atoms with E-state index in [0.29, 0.717) is 18.8 Å². The molecular weight excluding hydrogens is 392 g/mol. The second kappa shape index (κ2) is 8.67. The van der Waals surface area contributed by atoms with Crippen LogP contribution in [0, 0.1) is 5.41 Å². The van der Waals surface area contributed by atoms with E-state index < -0.39 is 11.5 Å². The fraction of sp³-hybridized carbons (Fsp3) is 0.458. The van der Waals surface area contributed by atoms with Crippen molar-refractivity contribution in [2.45, 2.75) is 39.8 Å². The number of rotatable bonds is 3. The molecule has 1 fully saturated rings. The van der Waals surface area contributed by atoms with Gasteiger partial charge in [0.15, 0.2) is 6.10 Å². The first-order chi connectivity index (χ1) is 14.8. The molecule has 0 radical (unpaired) electrons. The largest absolute Gasteiger partial charge is 0.365 e. The van der Waals surface area contributed by atoms with Gasteiger partial charge >= 0.3 is 0 Å². The topological polar surface area (TPSA) is 74.8 Å². The summed E-state index contributed by atoms with van der Waals surface area (Å²) in [5.74, 6) is 0.624. The lowest BCUT2D eigenvalue weighted by Gasteiger charge is -2.35. The predicted molar refractivity (Wildman–Crippen MR) is 120 cm³/mol. The van der Waals surface area contributed by atoms with E-state index in [1.807, 2.05) is 26.8 Å². The number of fused-ring (bicyclic) bond motifs is 1. The number of hydrogen-bond donors (Lipinski definition) is 1. The Labute approximate surface area is 183 Å². The molecule has 1 unspecified atom stereocenters. The third kappa shape index (κ3) is 4.88. The summed E-state index contributed by atoms with van der Waals surface area (Å²) >= 11 is 0. The first-order valence-electron chi connectivity index (χ1n) is 10.8. The number of aromatic nitrogens is 1. The van der Waals surface area contributed by atoms with Crippen LogP contribution < -0.4 is 10.2 Å². The molecule has 0 bridgehead atoms. The van der Waals surface area contributed by atoms with Gasteiger partial charge in [0, 0.05) is 43.0 Å². The van der Waals surface area contributed by atoms with Crippen molar-refractivity contribution in [3.63, 3.8) is 0 Å². The van der Waals surface area contributed by atoms with Gasteiger partial charge in [0.25, 0.3) is 5.91 Å². The van der Waals surface area contributed by atoms with Crippen molar-refractivity contribution in [2.75, 3.05) is 36.5 Å². The van der Waals surface area contributed by atoms with Gasteiger partial charge in [0.05, 0.1) is 13.2 Å². The minimum absolute atomic E-state index is 0.0326. The molecule has 2 amide bonds. The van der Waals surface area contributed by atoms with E-state index in [9.17, 15) is 9.59 Å². The Balaban J connectivity index is 1.41. The summed E-state index contributed by atoms with van der Waals surface area (Å²) < 4.78 is 5.66. The monoisotopic (exact) mass is 422 g/mol. The van der Waals surface area contributed by atoms with Crippen molar-refractivity contribution in [2.24, 2.45) is 5.41 Å². The smallest absolute Gasteiger partial charge is 0.255 e. The SMILES string of the molecule is CC(C)(C)C(=O)N1CCOC(C(=O)Nc2ccnc(N3CCc4ccccc4C3)c2)C1. The summed E-state index contributed by atoms with van der Waals surface area (Å²) in [5, 5.41) is 2.94. The van der Waals surface area contributed by atoms with Crippen LogP contribution >= 0.6 is 0 Å². The quantitative estimate of drug-likeness (QED) is 0.823. The van der Waals surface area contributed by atoms with Crippen LogP contribution in [-0.4, -0.2) is 54.0 Å². The lowest BCUT2D eigenvalue weighted by molar-refractivity contribution is -0.150. The molecule has 1 aromatic carbocycles. The molecule has 0 aliphatic carbocycles. The zero-order valence-corrected chi connectivity index (χ0v) is 18.4. The highest BCUT2D eigenvalue weighted by Crippen LogP contribution is 2.25. The number of morpholine rings is 1. The van der Waals surface area contributed by atoms with Crippen molar-refractivity contribution >= 4 is 23.3 Å². The van der Waals surface area contributed by atoms with Crippen LogP contribution in [0.3, 0.4) is 0 Å². The Morgan fingerprint density at radius 1 is 1.13 bits per heavy atom. The van der Waals surface area contributed by atoms with Crippen molar-refractivity contribution < 1.29 is 14.3 Å². The minimum Gasteiger partial charge on any atom is -0.365 e. The Kier molecular flexibility index (Phi) is 5.96. The molecule has 1 aromatic heterocycles. The number of nitrogens with one attached hydrogen (secondary N) is 1. The summed E-state index contributed by atoms with van der Waals surface area (Å²) in [4.78, 5) is 33.9. The Morgan fingerprint density at radius 3 is 2.68 bits per heavy atom. The molecule has 1 N–H and O–H groups in total. The van der Waals surface area contributed by atoms with E-state index in [1.165, 1.54) is 11.1 Å². The van der Waals surface area contributed by atoms with Gasteiger partial charge in [-0.3, -0.25) is 9.59 Å². The maximum absolute atomic E-state index is 12.8. The van der Waals surface area contributed by atoms with Crippen molar-refractivity contribution in [1.82, 2.24) is 9.88 Å². The summed E-state index contributed by atoms with van der Waals surface area (Å²) in [7, 11) is 0. The first-order valence-corrected chi connectivity index (χ1v) is 10.8. The highest BCUT2D eigenvalue weighted by Gasteiger charge is 2.34. The van der Waals surface area contributed by atoms with Gasteiger partial charge in [0.2, 0.25) is 5.91 Å². The van der Waals surface area contributed by atoms with Gasteiger partial charge < -0.3 is 19.9 Å². The summed E-state index contributed by atoms with van der Waals surface area (Å²) in [6.45, 7) is 8.48. The van der Waals surface area contributed by atoms with Crippen LogP contribution in [0.25, 0.3) is 0 Å². The molecule has 2 aliphatic heterocycles. The fourth-order valence-corrected chi connectivity index (χ4v) is 4.05. The number of amides is 2. The Hall–Kier alpha value is -2.93. The molecule has 2 aromatic rings. The Bertz CT molecular complexity index is 969. The molecule has 1 saturated heterocycles. The lowest BCUT2D eigenvalue weighted by atomic mass is 9.94. The number of carbonyl (C=O) groups is 2. The summed E-state index contributed by atoms with van der Waals surface area (Å²) in [5.41, 5.74) is 2.89. The molecule has 4 rings (SSSR count). The normalized spacial score (nSPS) is 19.0. The van der Waals surface area contributed by atoms with Gasteiger partial charge in [-0.15, -0.1) is 0 Å². The maximum Gasteiger partial charge on any atom is 0.255 e. The Morgan fingerprint density at radius 2 is 1.90 bits per heavy atom. The van der Waals surface area contributed by atoms with E-state index in [-0.39, 0.29) is 18.4 Å². The van der Waals surface area contributed by atoms with Crippen molar-refractivity contribution in [3.05, 3.63) is 53.7 Å². The molecule has 3 heterocycles. The van der Waals surface area contributed by atoms with Crippen LogP contribution in [0.2, 0.25) is 0 Å². The van der Waals surface area contributed by atoms with Crippen LogP contribution in [0.5, 0.6) is 0 Å². The molecule has 7 heteroatoms. The van der Waals surface area contributed by atoms with E-state index >= 15 is 0 Å². The molecular formula is C24H30N4O3. The highest BCUT2D eigenvalue weighted by molar-refractivity contribution is 5.95. The van der Waals surface area contributed by atoms with Gasteiger partial charge in [-0.1, -0.05) is 45.0 Å². The molecule has 164 valence electrons. The van der Waals surface area contributed by atoms with Gasteiger partial charge in [0.1, 0.15) is 5.82 Å². The van der Waals surface area contributed by atoms with Gasteiger partial charge in [-0.05, 0) is 23.6 Å². The van der Waals surface area contributed by atoms with Crippen LogP contribution in [0.4, 0.5) is 11.5 Å². The molecule has 31 heavy (non-hydrogen) atoms. The highest BCUT2D eigenvalue weighted by atomic mass is 16.5. The average molecular weight is 423 g/mol. The zero-order valence-electron chi connectivity index (χ0n) is 18.4. The second-order valence-electron chi connectivity index (χ2n) is 9.19. The standard InChI is InChI=1S/C24H30N4O3/c1-24(2,3)23(30)28-12-13-31-20(16-28)22(29)26-19-8-10-25-21(14-19)27-11-9-17-6-4-5-7-18(17)15-27/h4-8,10,14,20H,9,11-13,15-16H2,1-3H3,(H,25,26,29). The number of ether oxygens (including phenoxy) is 1. The number of anilines is 2. The van der Waals surface area contributed by atoms with Crippen LogP contribution in [0.1, 0.15) is 31.9 Å². The molecule has 2 aliphatic rings. The van der Waals surface area contributed by atoms with Crippen molar-refractivity contribution in [3.8, 4) is 0 Å². The average Bonchev–Trinajstić information content (AvgIpc) is 2.78. The molecule has 0 saturated carbocycles. The zero-order chi connectivity index (χ0) is 22.0. The van der Waals surface area contributed by atoms with E-state index in [2.05, 4.69) is 39.5 Å². The van der Waals surface area contributed by atoms with Crippen LogP contribution in [0.15, 0.2) is 42.6 Å².